The van der Waals surface area contributed by atoms with Crippen LogP contribution in [0.2, 0.25) is 5.02 Å². The van der Waals surface area contributed by atoms with Crippen molar-refractivity contribution in [1.29, 1.82) is 0 Å². The summed E-state index contributed by atoms with van der Waals surface area (Å²) in [6.07, 6.45) is 1.65. The van der Waals surface area contributed by atoms with E-state index in [0.717, 1.165) is 6.07 Å². The number of ketones is 1. The highest BCUT2D eigenvalue weighted by Gasteiger charge is 2.13. The second kappa shape index (κ2) is 4.06. The molecule has 0 unspecified atom stereocenters. The minimum atomic E-state index is -0.608. The van der Waals surface area contributed by atoms with Crippen LogP contribution in [0.1, 0.15) is 16.1 Å². The monoisotopic (exact) mass is 238 g/mol. The molecule has 5 heteroatoms. The van der Waals surface area contributed by atoms with Crippen molar-refractivity contribution in [1.82, 2.24) is 9.78 Å². The van der Waals surface area contributed by atoms with Crippen molar-refractivity contribution in [2.45, 2.75) is 0 Å². The van der Waals surface area contributed by atoms with E-state index in [-0.39, 0.29) is 22.1 Å². The molecule has 0 radical (unpaired) electrons. The van der Waals surface area contributed by atoms with Gasteiger partial charge in [0.05, 0.1) is 5.02 Å². The van der Waals surface area contributed by atoms with Gasteiger partial charge in [0.1, 0.15) is 11.5 Å². The summed E-state index contributed by atoms with van der Waals surface area (Å²) < 4.78 is 14.7. The highest BCUT2D eigenvalue weighted by atomic mass is 35.5. The van der Waals surface area contributed by atoms with Gasteiger partial charge in [-0.15, -0.1) is 0 Å². The second-order valence-electron chi connectivity index (χ2n) is 3.33. The van der Waals surface area contributed by atoms with E-state index in [2.05, 4.69) is 5.10 Å². The molecule has 0 aliphatic heterocycles. The largest absolute Gasteiger partial charge is 0.287 e. The standard InChI is InChI=1S/C11H8ClFN2O/c1-15-5-4-10(14-15)11(16)7-2-3-8(12)9(13)6-7/h2-6H,1H3. The van der Waals surface area contributed by atoms with Crippen LogP contribution in [0.3, 0.4) is 0 Å². The smallest absolute Gasteiger partial charge is 0.213 e. The Kier molecular flexibility index (Phi) is 2.75. The van der Waals surface area contributed by atoms with Gasteiger partial charge in [0, 0.05) is 18.8 Å². The Bertz CT molecular complexity index is 551. The van der Waals surface area contributed by atoms with Crippen LogP contribution in [0.5, 0.6) is 0 Å². The molecule has 0 atom stereocenters. The second-order valence-corrected chi connectivity index (χ2v) is 3.74. The summed E-state index contributed by atoms with van der Waals surface area (Å²) in [5.74, 6) is -0.931. The van der Waals surface area contributed by atoms with E-state index in [1.54, 1.807) is 19.3 Å². The van der Waals surface area contributed by atoms with E-state index in [1.807, 2.05) is 0 Å². The molecule has 16 heavy (non-hydrogen) atoms. The van der Waals surface area contributed by atoms with Gasteiger partial charge in [0.2, 0.25) is 5.78 Å². The van der Waals surface area contributed by atoms with Crippen molar-refractivity contribution in [3.63, 3.8) is 0 Å². The number of hydrogen-bond donors (Lipinski definition) is 0. The number of halogens is 2. The van der Waals surface area contributed by atoms with Crippen LogP contribution in [0.15, 0.2) is 30.5 Å². The number of benzene rings is 1. The molecular weight excluding hydrogens is 231 g/mol. The molecule has 82 valence electrons. The average molecular weight is 239 g/mol. The molecule has 0 aliphatic carbocycles. The molecular formula is C11H8ClFN2O. The SMILES string of the molecule is Cn1ccc(C(=O)c2ccc(Cl)c(F)c2)n1. The third-order valence-electron chi connectivity index (χ3n) is 2.13. The number of aromatic nitrogens is 2. The molecule has 3 nitrogen and oxygen atoms in total. The quantitative estimate of drug-likeness (QED) is 0.754. The number of rotatable bonds is 2. The molecule has 0 fully saturated rings. The summed E-state index contributed by atoms with van der Waals surface area (Å²) in [6.45, 7) is 0. The maximum atomic E-state index is 13.2. The summed E-state index contributed by atoms with van der Waals surface area (Å²) in [7, 11) is 1.71. The molecule has 0 spiro atoms. The number of aryl methyl sites for hydroxylation is 1. The van der Waals surface area contributed by atoms with Gasteiger partial charge in [-0.2, -0.15) is 5.10 Å². The van der Waals surface area contributed by atoms with Gasteiger partial charge in [0.25, 0.3) is 0 Å². The molecule has 0 N–H and O–H groups in total. The fraction of sp³-hybridized carbons (Fsp3) is 0.0909. The lowest BCUT2D eigenvalue weighted by Gasteiger charge is -1.99. The lowest BCUT2D eigenvalue weighted by molar-refractivity contribution is 0.103. The van der Waals surface area contributed by atoms with Crippen LogP contribution in [0.25, 0.3) is 0 Å². The summed E-state index contributed by atoms with van der Waals surface area (Å²) in [5.41, 5.74) is 0.518. The van der Waals surface area contributed by atoms with Gasteiger partial charge in [-0.05, 0) is 24.3 Å². The fourth-order valence-electron chi connectivity index (χ4n) is 1.32. The molecule has 0 aliphatic rings. The maximum Gasteiger partial charge on any atom is 0.213 e. The van der Waals surface area contributed by atoms with Crippen LogP contribution in [0.4, 0.5) is 4.39 Å². The summed E-state index contributed by atoms with van der Waals surface area (Å²) in [5, 5.41) is 3.95. The zero-order valence-corrected chi connectivity index (χ0v) is 9.20. The lowest BCUT2D eigenvalue weighted by Crippen LogP contribution is -2.03. The Morgan fingerprint density at radius 1 is 1.44 bits per heavy atom. The Hall–Kier alpha value is -1.68. The average Bonchev–Trinajstić information content (AvgIpc) is 2.68. The first-order valence-electron chi connectivity index (χ1n) is 4.57. The van der Waals surface area contributed by atoms with E-state index in [0.29, 0.717) is 0 Å². The number of nitrogens with zero attached hydrogens (tertiary/aromatic N) is 2. The normalized spacial score (nSPS) is 10.4. The fourth-order valence-corrected chi connectivity index (χ4v) is 1.44. The number of hydrogen-bond acceptors (Lipinski definition) is 2. The van der Waals surface area contributed by atoms with Crippen molar-refractivity contribution in [3.8, 4) is 0 Å². The lowest BCUT2D eigenvalue weighted by atomic mass is 10.1. The van der Waals surface area contributed by atoms with Crippen LogP contribution in [-0.4, -0.2) is 15.6 Å². The zero-order chi connectivity index (χ0) is 11.7. The minimum Gasteiger partial charge on any atom is -0.287 e. The molecule has 0 saturated carbocycles. The van der Waals surface area contributed by atoms with Crippen LogP contribution >= 0.6 is 11.6 Å². The number of carbonyl (C=O) groups is 1. The molecule has 1 aromatic heterocycles. The van der Waals surface area contributed by atoms with E-state index < -0.39 is 5.82 Å². The van der Waals surface area contributed by atoms with Gasteiger partial charge in [0.15, 0.2) is 0 Å². The minimum absolute atomic E-state index is 0.00225. The van der Waals surface area contributed by atoms with Crippen molar-refractivity contribution in [3.05, 3.63) is 52.6 Å². The molecule has 0 amide bonds. The first-order valence-corrected chi connectivity index (χ1v) is 4.95. The van der Waals surface area contributed by atoms with Crippen molar-refractivity contribution < 1.29 is 9.18 Å². The van der Waals surface area contributed by atoms with E-state index in [9.17, 15) is 9.18 Å². The van der Waals surface area contributed by atoms with E-state index in [1.165, 1.54) is 16.8 Å². The Morgan fingerprint density at radius 2 is 2.19 bits per heavy atom. The van der Waals surface area contributed by atoms with Gasteiger partial charge in [-0.25, -0.2) is 4.39 Å². The van der Waals surface area contributed by atoms with Gasteiger partial charge in [-0.3, -0.25) is 9.48 Å². The van der Waals surface area contributed by atoms with Gasteiger partial charge >= 0.3 is 0 Å². The predicted octanol–water partition coefficient (Wildman–Crippen LogP) is 2.44. The van der Waals surface area contributed by atoms with Crippen molar-refractivity contribution >= 4 is 17.4 Å². The molecule has 1 aromatic carbocycles. The summed E-state index contributed by atoms with van der Waals surface area (Å²) in [4.78, 5) is 11.8. The Balaban J connectivity index is 2.38. The Morgan fingerprint density at radius 3 is 2.75 bits per heavy atom. The van der Waals surface area contributed by atoms with Gasteiger partial charge < -0.3 is 0 Å². The maximum absolute atomic E-state index is 13.2. The van der Waals surface area contributed by atoms with E-state index in [4.69, 9.17) is 11.6 Å². The first kappa shape index (κ1) is 10.8. The highest BCUT2D eigenvalue weighted by molar-refractivity contribution is 6.30. The predicted molar refractivity (Wildman–Crippen MR) is 58.1 cm³/mol. The molecule has 2 aromatic rings. The van der Waals surface area contributed by atoms with Crippen LogP contribution in [0, 0.1) is 5.82 Å². The summed E-state index contributed by atoms with van der Waals surface area (Å²) >= 11 is 5.53. The highest BCUT2D eigenvalue weighted by Crippen LogP contribution is 2.17. The van der Waals surface area contributed by atoms with Gasteiger partial charge in [-0.1, -0.05) is 11.6 Å². The molecule has 2 rings (SSSR count). The van der Waals surface area contributed by atoms with Crippen molar-refractivity contribution in [2.24, 2.45) is 7.05 Å². The van der Waals surface area contributed by atoms with Crippen LogP contribution < -0.4 is 0 Å². The third kappa shape index (κ3) is 1.97. The van der Waals surface area contributed by atoms with Crippen molar-refractivity contribution in [2.75, 3.05) is 0 Å². The summed E-state index contributed by atoms with van der Waals surface area (Å²) in [6, 6.07) is 5.52. The zero-order valence-electron chi connectivity index (χ0n) is 8.45. The molecule has 0 bridgehead atoms. The molecule has 0 saturated heterocycles. The van der Waals surface area contributed by atoms with Crippen LogP contribution in [-0.2, 0) is 7.05 Å². The first-order chi connectivity index (χ1) is 7.58. The third-order valence-corrected chi connectivity index (χ3v) is 2.43. The van der Waals surface area contributed by atoms with E-state index >= 15 is 0 Å². The topological polar surface area (TPSA) is 34.9 Å². The molecule has 1 heterocycles. The Labute approximate surface area is 96.5 Å². The number of carbonyl (C=O) groups excluding carboxylic acids is 1.